The standard InChI is InChI=1S/C18H21N5OS/c1-12-9-13(2)17(14(3)10-12)19-16(24)11-25-18-21-20-15(4)23(18)22-7-5-6-8-22/h5-10H,11H2,1-4H3,(H,19,24). The van der Waals surface area contributed by atoms with Crippen LogP contribution >= 0.6 is 11.8 Å². The van der Waals surface area contributed by atoms with Gasteiger partial charge in [0.05, 0.1) is 5.75 Å². The molecule has 0 spiro atoms. The van der Waals surface area contributed by atoms with Gasteiger partial charge in [-0.15, -0.1) is 10.2 Å². The SMILES string of the molecule is Cc1cc(C)c(NC(=O)CSc2nnc(C)n2-n2cccc2)c(C)c1. The summed E-state index contributed by atoms with van der Waals surface area (Å²) >= 11 is 1.36. The van der Waals surface area contributed by atoms with Crippen molar-refractivity contribution in [2.45, 2.75) is 32.9 Å². The van der Waals surface area contributed by atoms with E-state index in [0.717, 1.165) is 22.6 Å². The lowest BCUT2D eigenvalue weighted by molar-refractivity contribution is -0.113. The fraction of sp³-hybridized carbons (Fsp3) is 0.278. The molecule has 0 fully saturated rings. The van der Waals surface area contributed by atoms with E-state index in [9.17, 15) is 4.79 Å². The molecular formula is C18H21N5OS. The van der Waals surface area contributed by atoms with Gasteiger partial charge in [0.2, 0.25) is 11.1 Å². The number of anilines is 1. The van der Waals surface area contributed by atoms with Crippen LogP contribution in [0.4, 0.5) is 5.69 Å². The quantitative estimate of drug-likeness (QED) is 0.713. The Labute approximate surface area is 151 Å². The Morgan fingerprint density at radius 2 is 1.72 bits per heavy atom. The maximum atomic E-state index is 12.4. The number of carbonyl (C=O) groups is 1. The van der Waals surface area contributed by atoms with Crippen LogP contribution in [0.1, 0.15) is 22.5 Å². The van der Waals surface area contributed by atoms with Gasteiger partial charge in [-0.3, -0.25) is 9.47 Å². The molecule has 0 aliphatic carbocycles. The Balaban J connectivity index is 1.70. The summed E-state index contributed by atoms with van der Waals surface area (Å²) in [5.74, 6) is 0.982. The van der Waals surface area contributed by atoms with E-state index < -0.39 is 0 Å². The molecule has 0 aliphatic heterocycles. The molecule has 1 aromatic carbocycles. The summed E-state index contributed by atoms with van der Waals surface area (Å²) in [5.41, 5.74) is 4.22. The summed E-state index contributed by atoms with van der Waals surface area (Å²) in [4.78, 5) is 12.4. The average Bonchev–Trinajstić information content (AvgIpc) is 3.18. The fourth-order valence-corrected chi connectivity index (χ4v) is 3.62. The third-order valence-electron chi connectivity index (χ3n) is 3.86. The summed E-state index contributed by atoms with van der Waals surface area (Å²) in [6.45, 7) is 7.96. The third kappa shape index (κ3) is 3.76. The molecule has 1 amide bonds. The van der Waals surface area contributed by atoms with E-state index in [1.807, 2.05) is 54.6 Å². The van der Waals surface area contributed by atoms with Crippen molar-refractivity contribution in [1.29, 1.82) is 0 Å². The number of aryl methyl sites for hydroxylation is 4. The van der Waals surface area contributed by atoms with Crippen molar-refractivity contribution in [3.05, 3.63) is 59.2 Å². The molecular weight excluding hydrogens is 334 g/mol. The topological polar surface area (TPSA) is 64.7 Å². The smallest absolute Gasteiger partial charge is 0.234 e. The second kappa shape index (κ2) is 7.14. The molecule has 3 aromatic rings. The molecule has 2 heterocycles. The minimum absolute atomic E-state index is 0.0558. The average molecular weight is 355 g/mol. The van der Waals surface area contributed by atoms with Gasteiger partial charge in [-0.2, -0.15) is 0 Å². The van der Waals surface area contributed by atoms with Crippen LogP contribution in [-0.4, -0.2) is 31.2 Å². The zero-order chi connectivity index (χ0) is 18.0. The Morgan fingerprint density at radius 3 is 2.36 bits per heavy atom. The summed E-state index contributed by atoms with van der Waals surface area (Å²) in [6, 6.07) is 8.01. The highest BCUT2D eigenvalue weighted by molar-refractivity contribution is 7.99. The summed E-state index contributed by atoms with van der Waals surface area (Å²) < 4.78 is 3.77. The Hall–Kier alpha value is -2.54. The minimum atomic E-state index is -0.0558. The van der Waals surface area contributed by atoms with Gasteiger partial charge in [-0.05, 0) is 51.0 Å². The highest BCUT2D eigenvalue weighted by atomic mass is 32.2. The molecule has 0 bridgehead atoms. The zero-order valence-corrected chi connectivity index (χ0v) is 15.6. The number of thioether (sulfide) groups is 1. The number of carbonyl (C=O) groups excluding carboxylic acids is 1. The first-order valence-corrected chi connectivity index (χ1v) is 9.00. The van der Waals surface area contributed by atoms with E-state index in [1.54, 1.807) is 0 Å². The first kappa shape index (κ1) is 17.3. The maximum Gasteiger partial charge on any atom is 0.234 e. The lowest BCUT2D eigenvalue weighted by atomic mass is 10.1. The first-order chi connectivity index (χ1) is 12.0. The predicted octanol–water partition coefficient (Wildman–Crippen LogP) is 3.36. The highest BCUT2D eigenvalue weighted by Gasteiger charge is 2.14. The largest absolute Gasteiger partial charge is 0.325 e. The van der Waals surface area contributed by atoms with E-state index in [-0.39, 0.29) is 11.7 Å². The molecule has 25 heavy (non-hydrogen) atoms. The molecule has 3 rings (SSSR count). The van der Waals surface area contributed by atoms with Crippen LogP contribution in [0, 0.1) is 27.7 Å². The zero-order valence-electron chi connectivity index (χ0n) is 14.8. The molecule has 0 saturated heterocycles. The maximum absolute atomic E-state index is 12.4. The number of rotatable bonds is 5. The van der Waals surface area contributed by atoms with Gasteiger partial charge in [-0.1, -0.05) is 29.5 Å². The third-order valence-corrected chi connectivity index (χ3v) is 4.78. The van der Waals surface area contributed by atoms with E-state index in [0.29, 0.717) is 5.16 Å². The van der Waals surface area contributed by atoms with Crippen molar-refractivity contribution < 1.29 is 4.79 Å². The van der Waals surface area contributed by atoms with Gasteiger partial charge in [0.25, 0.3) is 0 Å². The lowest BCUT2D eigenvalue weighted by Gasteiger charge is -2.13. The van der Waals surface area contributed by atoms with Crippen LogP contribution in [0.5, 0.6) is 0 Å². The molecule has 2 aromatic heterocycles. The molecule has 1 N–H and O–H groups in total. The van der Waals surface area contributed by atoms with Gasteiger partial charge < -0.3 is 5.32 Å². The van der Waals surface area contributed by atoms with Crippen molar-refractivity contribution in [1.82, 2.24) is 19.5 Å². The van der Waals surface area contributed by atoms with Crippen molar-refractivity contribution in [2.75, 3.05) is 11.1 Å². The molecule has 0 saturated carbocycles. The van der Waals surface area contributed by atoms with E-state index >= 15 is 0 Å². The number of nitrogens with zero attached hydrogens (tertiary/aromatic N) is 4. The van der Waals surface area contributed by atoms with Crippen molar-refractivity contribution in [3.8, 4) is 0 Å². The van der Waals surface area contributed by atoms with Crippen LogP contribution in [0.25, 0.3) is 0 Å². The molecule has 7 heteroatoms. The second-order valence-electron chi connectivity index (χ2n) is 6.02. The van der Waals surface area contributed by atoms with Crippen molar-refractivity contribution >= 4 is 23.4 Å². The predicted molar refractivity (Wildman–Crippen MR) is 100.0 cm³/mol. The lowest BCUT2D eigenvalue weighted by Crippen LogP contribution is -2.17. The number of hydrogen-bond donors (Lipinski definition) is 1. The van der Waals surface area contributed by atoms with Gasteiger partial charge in [0, 0.05) is 18.1 Å². The first-order valence-electron chi connectivity index (χ1n) is 8.02. The van der Waals surface area contributed by atoms with Crippen LogP contribution in [-0.2, 0) is 4.79 Å². The number of amides is 1. The van der Waals surface area contributed by atoms with Crippen LogP contribution < -0.4 is 5.32 Å². The minimum Gasteiger partial charge on any atom is -0.325 e. The van der Waals surface area contributed by atoms with E-state index in [1.165, 1.54) is 17.3 Å². The second-order valence-corrected chi connectivity index (χ2v) is 6.96. The molecule has 6 nitrogen and oxygen atoms in total. The normalized spacial score (nSPS) is 10.9. The van der Waals surface area contributed by atoms with Gasteiger partial charge in [0.1, 0.15) is 0 Å². The van der Waals surface area contributed by atoms with Gasteiger partial charge >= 0.3 is 0 Å². The molecule has 0 aliphatic rings. The monoisotopic (exact) mass is 355 g/mol. The van der Waals surface area contributed by atoms with Crippen LogP contribution in [0.2, 0.25) is 0 Å². The van der Waals surface area contributed by atoms with E-state index in [2.05, 4.69) is 34.6 Å². The molecule has 0 unspecified atom stereocenters. The number of aromatic nitrogens is 4. The summed E-state index contributed by atoms with van der Waals surface area (Å²) in [5, 5.41) is 12.0. The highest BCUT2D eigenvalue weighted by Crippen LogP contribution is 2.23. The number of nitrogens with one attached hydrogen (secondary N) is 1. The van der Waals surface area contributed by atoms with Crippen LogP contribution in [0.15, 0.2) is 41.8 Å². The fourth-order valence-electron chi connectivity index (χ4n) is 2.84. The van der Waals surface area contributed by atoms with Crippen molar-refractivity contribution in [2.24, 2.45) is 0 Å². The Bertz CT molecular complexity index is 875. The van der Waals surface area contributed by atoms with Crippen molar-refractivity contribution in [3.63, 3.8) is 0 Å². The summed E-state index contributed by atoms with van der Waals surface area (Å²) in [7, 11) is 0. The van der Waals surface area contributed by atoms with Gasteiger partial charge in [-0.25, -0.2) is 4.68 Å². The summed E-state index contributed by atoms with van der Waals surface area (Å²) in [6.07, 6.45) is 3.83. The number of benzene rings is 1. The Kier molecular flexibility index (Phi) is 4.94. The molecule has 0 radical (unpaired) electrons. The Morgan fingerprint density at radius 1 is 1.08 bits per heavy atom. The number of hydrogen-bond acceptors (Lipinski definition) is 4. The molecule has 130 valence electrons. The van der Waals surface area contributed by atoms with E-state index in [4.69, 9.17) is 0 Å². The molecule has 0 atom stereocenters. The van der Waals surface area contributed by atoms with Gasteiger partial charge in [0.15, 0.2) is 5.82 Å². The van der Waals surface area contributed by atoms with Crippen LogP contribution in [0.3, 0.4) is 0 Å².